The number of hydrogen-bond acceptors (Lipinski definition) is 0. The van der Waals surface area contributed by atoms with Crippen LogP contribution in [0.15, 0.2) is 24.3 Å². The van der Waals surface area contributed by atoms with Crippen LogP contribution in [0.3, 0.4) is 0 Å². The van der Waals surface area contributed by atoms with Crippen molar-refractivity contribution < 1.29 is 26.3 Å². The van der Waals surface area contributed by atoms with E-state index >= 15 is 0 Å². The van der Waals surface area contributed by atoms with Crippen molar-refractivity contribution in [1.29, 1.82) is 0 Å². The molecule has 0 N–H and O–H groups in total. The van der Waals surface area contributed by atoms with Gasteiger partial charge < -0.3 is 0 Å². The molecule has 0 spiro atoms. The van der Waals surface area contributed by atoms with E-state index < -0.39 is 56.4 Å². The molecule has 0 radical (unpaired) electrons. The number of rotatable bonds is 0. The van der Waals surface area contributed by atoms with Gasteiger partial charge in [-0.2, -0.15) is 0 Å². The standard InChI is InChI=1S/C14H4F6/c15-9-3-12(18)14(20)8-2-6-7(1-5(8)9)13(19)11(17)4-10(6)16/h1-4H. The van der Waals surface area contributed by atoms with E-state index in [0.29, 0.717) is 0 Å². The highest BCUT2D eigenvalue weighted by Crippen LogP contribution is 2.31. The molecule has 0 aliphatic carbocycles. The van der Waals surface area contributed by atoms with Crippen LogP contribution >= 0.6 is 0 Å². The van der Waals surface area contributed by atoms with Crippen molar-refractivity contribution in [3.63, 3.8) is 0 Å². The maximum absolute atomic E-state index is 13.6. The maximum Gasteiger partial charge on any atom is 0.166 e. The highest BCUT2D eigenvalue weighted by Gasteiger charge is 2.18. The predicted molar refractivity (Wildman–Crippen MR) is 61.2 cm³/mol. The molecule has 0 atom stereocenters. The first-order chi connectivity index (χ1) is 9.40. The minimum Gasteiger partial charge on any atom is -0.206 e. The van der Waals surface area contributed by atoms with Gasteiger partial charge in [0.1, 0.15) is 11.6 Å². The third kappa shape index (κ3) is 1.64. The smallest absolute Gasteiger partial charge is 0.166 e. The molecule has 0 saturated heterocycles. The quantitative estimate of drug-likeness (QED) is 0.315. The minimum absolute atomic E-state index is 0.289. The Bertz CT molecular complexity index is 796. The second-order valence-corrected chi connectivity index (χ2v) is 4.25. The van der Waals surface area contributed by atoms with Crippen LogP contribution in [-0.4, -0.2) is 0 Å². The molecule has 6 heteroatoms. The fourth-order valence-electron chi connectivity index (χ4n) is 2.12. The van der Waals surface area contributed by atoms with Crippen molar-refractivity contribution in [2.24, 2.45) is 0 Å². The van der Waals surface area contributed by atoms with Crippen molar-refractivity contribution >= 4 is 21.5 Å². The van der Waals surface area contributed by atoms with Gasteiger partial charge in [-0.25, -0.2) is 26.3 Å². The second-order valence-electron chi connectivity index (χ2n) is 4.25. The monoisotopic (exact) mass is 286 g/mol. The predicted octanol–water partition coefficient (Wildman–Crippen LogP) is 4.83. The van der Waals surface area contributed by atoms with E-state index in [4.69, 9.17) is 0 Å². The van der Waals surface area contributed by atoms with Gasteiger partial charge in [0.05, 0.1) is 0 Å². The van der Waals surface area contributed by atoms with Crippen LogP contribution in [0.4, 0.5) is 26.3 Å². The zero-order valence-electron chi connectivity index (χ0n) is 9.58. The van der Waals surface area contributed by atoms with Crippen molar-refractivity contribution in [1.82, 2.24) is 0 Å². The summed E-state index contributed by atoms with van der Waals surface area (Å²) in [5.41, 5.74) is 0. The van der Waals surface area contributed by atoms with E-state index in [1.54, 1.807) is 0 Å². The van der Waals surface area contributed by atoms with E-state index in [-0.39, 0.29) is 12.1 Å². The molecule has 102 valence electrons. The van der Waals surface area contributed by atoms with Crippen molar-refractivity contribution in [3.8, 4) is 0 Å². The average Bonchev–Trinajstić information content (AvgIpc) is 2.41. The first kappa shape index (κ1) is 12.8. The van der Waals surface area contributed by atoms with Crippen LogP contribution in [0.25, 0.3) is 21.5 Å². The van der Waals surface area contributed by atoms with Crippen LogP contribution < -0.4 is 0 Å². The second kappa shape index (κ2) is 4.13. The van der Waals surface area contributed by atoms with E-state index in [0.717, 1.165) is 12.1 Å². The summed E-state index contributed by atoms with van der Waals surface area (Å²) in [5.74, 6) is -7.95. The first-order valence-electron chi connectivity index (χ1n) is 5.44. The van der Waals surface area contributed by atoms with Gasteiger partial charge in [-0.1, -0.05) is 0 Å². The first-order valence-corrected chi connectivity index (χ1v) is 5.44. The number of hydrogen-bond donors (Lipinski definition) is 0. The highest BCUT2D eigenvalue weighted by molar-refractivity contribution is 5.99. The van der Waals surface area contributed by atoms with Gasteiger partial charge in [-0.05, 0) is 12.1 Å². The zero-order chi connectivity index (χ0) is 14.6. The fourth-order valence-corrected chi connectivity index (χ4v) is 2.12. The summed E-state index contributed by atoms with van der Waals surface area (Å²) in [6.07, 6.45) is 0. The number of halogens is 6. The van der Waals surface area contributed by atoms with Crippen molar-refractivity contribution in [2.75, 3.05) is 0 Å². The Morgan fingerprint density at radius 3 is 1.10 bits per heavy atom. The van der Waals surface area contributed by atoms with Crippen LogP contribution in [0.1, 0.15) is 0 Å². The average molecular weight is 286 g/mol. The molecule has 0 amide bonds. The Kier molecular flexibility index (Phi) is 2.64. The van der Waals surface area contributed by atoms with Gasteiger partial charge in [0, 0.05) is 33.7 Å². The molecule has 0 bridgehead atoms. The molecule has 0 heterocycles. The number of fused-ring (bicyclic) bond motifs is 2. The summed E-state index contributed by atoms with van der Waals surface area (Å²) in [6.45, 7) is 0. The molecule has 3 aromatic rings. The summed E-state index contributed by atoms with van der Waals surface area (Å²) >= 11 is 0. The fraction of sp³-hybridized carbons (Fsp3) is 0. The largest absolute Gasteiger partial charge is 0.206 e. The van der Waals surface area contributed by atoms with E-state index in [1.807, 2.05) is 0 Å². The van der Waals surface area contributed by atoms with Gasteiger partial charge in [0.25, 0.3) is 0 Å². The van der Waals surface area contributed by atoms with Crippen LogP contribution in [0.2, 0.25) is 0 Å². The van der Waals surface area contributed by atoms with Crippen LogP contribution in [-0.2, 0) is 0 Å². The van der Waals surface area contributed by atoms with Crippen molar-refractivity contribution in [3.05, 3.63) is 59.2 Å². The molecular formula is C14H4F6. The molecule has 0 saturated carbocycles. The van der Waals surface area contributed by atoms with Crippen LogP contribution in [0, 0.1) is 34.9 Å². The Hall–Kier alpha value is -2.24. The highest BCUT2D eigenvalue weighted by atomic mass is 19.2. The summed E-state index contributed by atoms with van der Waals surface area (Å²) in [5, 5.41) is -2.00. The molecule has 0 unspecified atom stereocenters. The molecular weight excluding hydrogens is 282 g/mol. The zero-order valence-corrected chi connectivity index (χ0v) is 9.58. The molecule has 0 nitrogen and oxygen atoms in total. The van der Waals surface area contributed by atoms with E-state index in [1.165, 1.54) is 0 Å². The Balaban J connectivity index is 2.60. The summed E-state index contributed by atoms with van der Waals surface area (Å²) in [4.78, 5) is 0. The molecule has 0 aromatic heterocycles. The van der Waals surface area contributed by atoms with Gasteiger partial charge in [0.15, 0.2) is 23.3 Å². The van der Waals surface area contributed by atoms with Gasteiger partial charge in [-0.3, -0.25) is 0 Å². The molecule has 0 aliphatic rings. The lowest BCUT2D eigenvalue weighted by atomic mass is 10.0. The Morgan fingerprint density at radius 2 is 0.750 bits per heavy atom. The lowest BCUT2D eigenvalue weighted by Gasteiger charge is -2.07. The molecule has 20 heavy (non-hydrogen) atoms. The van der Waals surface area contributed by atoms with E-state index in [2.05, 4.69) is 0 Å². The molecule has 3 rings (SSSR count). The Labute approximate surface area is 108 Å². The summed E-state index contributed by atoms with van der Waals surface area (Å²) in [7, 11) is 0. The lowest BCUT2D eigenvalue weighted by Crippen LogP contribution is -1.95. The summed E-state index contributed by atoms with van der Waals surface area (Å²) in [6, 6.07) is 2.09. The van der Waals surface area contributed by atoms with Crippen molar-refractivity contribution in [2.45, 2.75) is 0 Å². The normalized spacial score (nSPS) is 11.5. The Morgan fingerprint density at radius 1 is 0.400 bits per heavy atom. The van der Waals surface area contributed by atoms with Gasteiger partial charge >= 0.3 is 0 Å². The SMILES string of the molecule is Fc1cc(F)c2cc3c(F)c(F)cc(F)c3cc2c1F. The van der Waals surface area contributed by atoms with Gasteiger partial charge in [0.2, 0.25) is 0 Å². The molecule has 3 aromatic carbocycles. The lowest BCUT2D eigenvalue weighted by molar-refractivity contribution is 0.503. The minimum atomic E-state index is -1.45. The topological polar surface area (TPSA) is 0 Å². The van der Waals surface area contributed by atoms with Gasteiger partial charge in [-0.15, -0.1) is 0 Å². The summed E-state index contributed by atoms with van der Waals surface area (Å²) < 4.78 is 80.5. The number of benzene rings is 3. The third-order valence-electron chi connectivity index (χ3n) is 3.07. The molecule has 0 aliphatic heterocycles. The van der Waals surface area contributed by atoms with Crippen LogP contribution in [0.5, 0.6) is 0 Å². The van der Waals surface area contributed by atoms with E-state index in [9.17, 15) is 26.3 Å². The molecule has 0 fully saturated rings. The third-order valence-corrected chi connectivity index (χ3v) is 3.07. The maximum atomic E-state index is 13.6.